The van der Waals surface area contributed by atoms with Crippen molar-refractivity contribution in [1.29, 1.82) is 5.26 Å². The molecule has 82 valence electrons. The molecule has 0 saturated heterocycles. The second-order valence-corrected chi connectivity index (χ2v) is 3.54. The Bertz CT molecular complexity index is 332. The third kappa shape index (κ3) is 3.75. The molecule has 0 unspecified atom stereocenters. The predicted molar refractivity (Wildman–Crippen MR) is 66.0 cm³/mol. The number of nitriles is 1. The van der Waals surface area contributed by atoms with Crippen LogP contribution < -0.4 is 0 Å². The summed E-state index contributed by atoms with van der Waals surface area (Å²) in [6.07, 6.45) is 0.934. The lowest BCUT2D eigenvalue weighted by Gasteiger charge is -2.08. The van der Waals surface area contributed by atoms with Gasteiger partial charge in [-0.05, 0) is 29.5 Å². The van der Waals surface area contributed by atoms with Crippen molar-refractivity contribution in [3.05, 3.63) is 34.9 Å². The molecule has 0 aliphatic rings. The van der Waals surface area contributed by atoms with Gasteiger partial charge in [-0.25, -0.2) is 0 Å². The maximum Gasteiger partial charge on any atom is 0.0994 e. The molecule has 1 aromatic carbocycles. The van der Waals surface area contributed by atoms with E-state index in [4.69, 9.17) is 5.26 Å². The van der Waals surface area contributed by atoms with Crippen molar-refractivity contribution in [2.24, 2.45) is 0 Å². The van der Waals surface area contributed by atoms with Gasteiger partial charge in [-0.2, -0.15) is 5.26 Å². The zero-order chi connectivity index (χ0) is 11.8. The molecule has 0 spiro atoms. The lowest BCUT2D eigenvalue weighted by Crippen LogP contribution is -1.93. The molecule has 0 aliphatic heterocycles. The van der Waals surface area contributed by atoms with Crippen molar-refractivity contribution in [2.45, 2.75) is 47.0 Å². The molecule has 0 radical (unpaired) electrons. The smallest absolute Gasteiger partial charge is 0.0994 e. The number of benzene rings is 1. The van der Waals surface area contributed by atoms with Crippen LogP contribution in [0.5, 0.6) is 0 Å². The minimum absolute atomic E-state index is 0.540. The lowest BCUT2D eigenvalue weighted by molar-refractivity contribution is 0.862. The van der Waals surface area contributed by atoms with Crippen LogP contribution in [0.2, 0.25) is 0 Å². The summed E-state index contributed by atoms with van der Waals surface area (Å²) >= 11 is 0. The average Bonchev–Trinajstić information content (AvgIpc) is 2.30. The Labute approximate surface area is 93.7 Å². The number of hydrogen-bond acceptors (Lipinski definition) is 1. The number of hydrogen-bond donors (Lipinski definition) is 0. The Morgan fingerprint density at radius 2 is 1.87 bits per heavy atom. The molecule has 0 amide bonds. The first-order valence-electron chi connectivity index (χ1n) is 5.72. The zero-order valence-electron chi connectivity index (χ0n) is 10.5. The summed E-state index contributed by atoms with van der Waals surface area (Å²) in [5, 5.41) is 8.83. The summed E-state index contributed by atoms with van der Waals surface area (Å²) < 4.78 is 0. The molecule has 1 heteroatoms. The van der Waals surface area contributed by atoms with E-state index in [0.29, 0.717) is 5.92 Å². The fraction of sp³-hybridized carbons (Fsp3) is 0.500. The third-order valence-electron chi connectivity index (χ3n) is 2.30. The van der Waals surface area contributed by atoms with E-state index in [2.05, 4.69) is 32.9 Å². The van der Waals surface area contributed by atoms with Gasteiger partial charge in [-0.1, -0.05) is 46.8 Å². The molecule has 0 bridgehead atoms. The van der Waals surface area contributed by atoms with Crippen LogP contribution >= 0.6 is 0 Å². The Kier molecular flexibility index (Phi) is 6.45. The normalized spacial score (nSPS) is 9.13. The summed E-state index contributed by atoms with van der Waals surface area (Å²) in [6, 6.07) is 8.32. The van der Waals surface area contributed by atoms with E-state index in [9.17, 15) is 0 Å². The van der Waals surface area contributed by atoms with Gasteiger partial charge in [0, 0.05) is 0 Å². The molecule has 0 aromatic heterocycles. The predicted octanol–water partition coefficient (Wildman–Crippen LogP) is 4.27. The van der Waals surface area contributed by atoms with Crippen molar-refractivity contribution in [3.63, 3.8) is 0 Å². The van der Waals surface area contributed by atoms with Crippen LogP contribution in [-0.4, -0.2) is 0 Å². The molecule has 1 aromatic rings. The average molecular weight is 203 g/mol. The molecule has 0 saturated carbocycles. The van der Waals surface area contributed by atoms with Crippen molar-refractivity contribution in [1.82, 2.24) is 0 Å². The minimum atomic E-state index is 0.540. The van der Waals surface area contributed by atoms with Gasteiger partial charge < -0.3 is 0 Å². The molecule has 1 nitrogen and oxygen atoms in total. The van der Waals surface area contributed by atoms with Gasteiger partial charge in [0.1, 0.15) is 0 Å². The van der Waals surface area contributed by atoms with Crippen LogP contribution in [0.15, 0.2) is 18.2 Å². The maximum absolute atomic E-state index is 8.83. The highest BCUT2D eigenvalue weighted by Gasteiger charge is 2.03. The Morgan fingerprint density at radius 1 is 1.27 bits per heavy atom. The van der Waals surface area contributed by atoms with E-state index in [1.807, 2.05) is 26.0 Å². The molecular formula is C14H21N. The maximum atomic E-state index is 8.83. The van der Waals surface area contributed by atoms with Gasteiger partial charge in [-0.3, -0.25) is 0 Å². The fourth-order valence-corrected chi connectivity index (χ4v) is 1.37. The quantitative estimate of drug-likeness (QED) is 0.704. The van der Waals surface area contributed by atoms with Crippen LogP contribution in [0.1, 0.15) is 57.2 Å². The second kappa shape index (κ2) is 7.06. The zero-order valence-corrected chi connectivity index (χ0v) is 10.5. The van der Waals surface area contributed by atoms with E-state index in [1.54, 1.807) is 0 Å². The van der Waals surface area contributed by atoms with E-state index < -0.39 is 0 Å². The largest absolute Gasteiger partial charge is 0.192 e. The highest BCUT2D eigenvalue weighted by Crippen LogP contribution is 2.18. The fourth-order valence-electron chi connectivity index (χ4n) is 1.37. The van der Waals surface area contributed by atoms with Crippen molar-refractivity contribution < 1.29 is 0 Å². The molecule has 0 N–H and O–H groups in total. The van der Waals surface area contributed by atoms with Gasteiger partial charge in [0.2, 0.25) is 0 Å². The Hall–Kier alpha value is -1.29. The van der Waals surface area contributed by atoms with E-state index >= 15 is 0 Å². The number of rotatable bonds is 2. The molecule has 15 heavy (non-hydrogen) atoms. The highest BCUT2D eigenvalue weighted by molar-refractivity contribution is 5.41. The van der Waals surface area contributed by atoms with Crippen LogP contribution in [-0.2, 0) is 6.42 Å². The van der Waals surface area contributed by atoms with Crippen molar-refractivity contribution in [3.8, 4) is 6.07 Å². The Morgan fingerprint density at radius 3 is 2.27 bits per heavy atom. The first-order valence-corrected chi connectivity index (χ1v) is 5.72. The molecule has 0 heterocycles. The van der Waals surface area contributed by atoms with Gasteiger partial charge >= 0.3 is 0 Å². The highest BCUT2D eigenvalue weighted by atomic mass is 14.2. The monoisotopic (exact) mass is 203 g/mol. The molecule has 0 aliphatic carbocycles. The van der Waals surface area contributed by atoms with Gasteiger partial charge in [0.05, 0.1) is 11.6 Å². The number of nitrogens with zero attached hydrogens (tertiary/aromatic N) is 1. The summed E-state index contributed by atoms with van der Waals surface area (Å²) in [5.41, 5.74) is 3.29. The molecular weight excluding hydrogens is 182 g/mol. The summed E-state index contributed by atoms with van der Waals surface area (Å²) in [4.78, 5) is 0. The Balaban J connectivity index is 0.000000921. The van der Waals surface area contributed by atoms with E-state index in [1.165, 1.54) is 5.56 Å². The molecule has 1 rings (SSSR count). The minimum Gasteiger partial charge on any atom is -0.192 e. The topological polar surface area (TPSA) is 23.8 Å². The van der Waals surface area contributed by atoms with Crippen LogP contribution in [0.4, 0.5) is 0 Å². The van der Waals surface area contributed by atoms with Crippen molar-refractivity contribution >= 4 is 0 Å². The molecule has 0 atom stereocenters. The summed E-state index contributed by atoms with van der Waals surface area (Å²) in [5.74, 6) is 0.540. The second-order valence-electron chi connectivity index (χ2n) is 3.54. The van der Waals surface area contributed by atoms with Gasteiger partial charge in [0.15, 0.2) is 0 Å². The van der Waals surface area contributed by atoms with Crippen LogP contribution in [0, 0.1) is 11.3 Å². The number of aryl methyl sites for hydroxylation is 1. The van der Waals surface area contributed by atoms with E-state index in [0.717, 1.165) is 17.5 Å². The lowest BCUT2D eigenvalue weighted by atomic mass is 9.97. The van der Waals surface area contributed by atoms with Gasteiger partial charge in [-0.15, -0.1) is 0 Å². The summed E-state index contributed by atoms with van der Waals surface area (Å²) in [7, 11) is 0. The first kappa shape index (κ1) is 13.7. The molecule has 0 fully saturated rings. The summed E-state index contributed by atoms with van der Waals surface area (Å²) in [6.45, 7) is 10.4. The third-order valence-corrected chi connectivity index (χ3v) is 2.30. The van der Waals surface area contributed by atoms with Crippen molar-refractivity contribution in [2.75, 3.05) is 0 Å². The van der Waals surface area contributed by atoms with E-state index in [-0.39, 0.29) is 0 Å². The standard InChI is InChI=1S/C12H15N.C2H6/c1-4-10-7-11(9(2)3)5-6-12(10)8-13;1-2/h5-7,9H,4H2,1-3H3;1-2H3. The van der Waals surface area contributed by atoms with Gasteiger partial charge in [0.25, 0.3) is 0 Å². The van der Waals surface area contributed by atoms with Crippen LogP contribution in [0.3, 0.4) is 0 Å². The first-order chi connectivity index (χ1) is 7.19. The van der Waals surface area contributed by atoms with Crippen LogP contribution in [0.25, 0.3) is 0 Å². The SMILES string of the molecule is CC.CCc1cc(C(C)C)ccc1C#N.